The van der Waals surface area contributed by atoms with Crippen molar-refractivity contribution in [1.82, 2.24) is 0 Å². The van der Waals surface area contributed by atoms with Gasteiger partial charge in [0.15, 0.2) is 0 Å². The van der Waals surface area contributed by atoms with Crippen molar-refractivity contribution >= 4 is 18.4 Å². The number of hydrogen-bond donors (Lipinski definition) is 0. The van der Waals surface area contributed by atoms with Gasteiger partial charge in [0.2, 0.25) is 0 Å². The molecule has 1 heterocycles. The second-order valence-corrected chi connectivity index (χ2v) is 19.9. The summed E-state index contributed by atoms with van der Waals surface area (Å²) in [5, 5.41) is 0. The zero-order chi connectivity index (χ0) is 15.9. The van der Waals surface area contributed by atoms with E-state index < -0.39 is 18.4 Å². The van der Waals surface area contributed by atoms with E-state index in [0.717, 1.165) is 0 Å². The van der Waals surface area contributed by atoms with Crippen LogP contribution in [0.1, 0.15) is 85.0 Å². The normalized spacial score (nSPS) is 27.0. The van der Waals surface area contributed by atoms with Crippen LogP contribution in [0.5, 0.6) is 0 Å². The molecule has 0 bridgehead atoms. The number of ether oxygens (including phenoxy) is 1. The minimum absolute atomic E-state index is 0.0328. The van der Waals surface area contributed by atoms with Crippen molar-refractivity contribution in [3.8, 4) is 9.86 Å². The van der Waals surface area contributed by atoms with Gasteiger partial charge in [-0.1, -0.05) is 0 Å². The molecule has 0 aromatic heterocycles. The first kappa shape index (κ1) is 18.7. The molecule has 0 aromatic carbocycles. The maximum atomic E-state index is 6.03. The van der Waals surface area contributed by atoms with Crippen molar-refractivity contribution < 1.29 is 4.74 Å². The number of fused-ring (bicyclic) bond motifs is 1. The Kier molecular flexibility index (Phi) is 7.61. The second kappa shape index (κ2) is 8.97. The van der Waals surface area contributed by atoms with Crippen LogP contribution in [0, 0.1) is 9.86 Å². The van der Waals surface area contributed by atoms with Crippen molar-refractivity contribution in [2.45, 2.75) is 110 Å². The average molecular weight is 411 g/mol. The molecule has 0 radical (unpaired) electrons. The molecule has 2 aliphatic rings. The molecule has 1 saturated heterocycles. The van der Waals surface area contributed by atoms with Crippen molar-refractivity contribution in [1.29, 1.82) is 0 Å². The molecule has 2 heteroatoms. The zero-order valence-electron chi connectivity index (χ0n) is 15.2. The van der Waals surface area contributed by atoms with Gasteiger partial charge in [0.1, 0.15) is 0 Å². The van der Waals surface area contributed by atoms with Crippen LogP contribution in [0.3, 0.4) is 0 Å². The van der Waals surface area contributed by atoms with E-state index in [1.165, 1.54) is 77.5 Å². The summed E-state index contributed by atoms with van der Waals surface area (Å²) in [6.45, 7) is 7.01. The van der Waals surface area contributed by atoms with Crippen molar-refractivity contribution in [3.05, 3.63) is 0 Å². The van der Waals surface area contributed by atoms with Gasteiger partial charge < -0.3 is 0 Å². The summed E-state index contributed by atoms with van der Waals surface area (Å²) in [6.07, 6.45) is 13.9. The van der Waals surface area contributed by atoms with Gasteiger partial charge in [-0.15, -0.1) is 0 Å². The number of epoxide rings is 1. The Labute approximate surface area is 142 Å². The summed E-state index contributed by atoms with van der Waals surface area (Å²) >= 11 is -2.26. The van der Waals surface area contributed by atoms with Gasteiger partial charge in [0, 0.05) is 0 Å². The average Bonchev–Trinajstić information content (AvgIpc) is 3.28. The topological polar surface area (TPSA) is 12.5 Å². The molecule has 1 saturated carbocycles. The Morgan fingerprint density at radius 2 is 1.55 bits per heavy atom. The van der Waals surface area contributed by atoms with Crippen LogP contribution in [0.25, 0.3) is 0 Å². The molecule has 0 N–H and O–H groups in total. The monoisotopic (exact) mass is 412 g/mol. The van der Waals surface area contributed by atoms with Crippen LogP contribution in [0.15, 0.2) is 0 Å². The Hall–Kier alpha value is 0.319. The number of hydrogen-bond acceptors (Lipinski definition) is 1. The fourth-order valence-corrected chi connectivity index (χ4v) is 17.4. The van der Waals surface area contributed by atoms with Gasteiger partial charge in [-0.05, 0) is 0 Å². The predicted octanol–water partition coefficient (Wildman–Crippen LogP) is 6.09. The van der Waals surface area contributed by atoms with E-state index in [2.05, 4.69) is 30.6 Å². The van der Waals surface area contributed by atoms with E-state index in [0.29, 0.717) is 6.10 Å². The molecule has 1 aliphatic carbocycles. The number of unbranched alkanes of at least 4 members (excludes halogenated alkanes) is 3. The Morgan fingerprint density at radius 1 is 0.955 bits per heavy atom. The summed E-state index contributed by atoms with van der Waals surface area (Å²) in [5.74, 6) is 3.76. The van der Waals surface area contributed by atoms with Gasteiger partial charge >= 0.3 is 143 Å². The third-order valence-electron chi connectivity index (χ3n) is 5.65. The molecule has 2 rings (SSSR count). The summed E-state index contributed by atoms with van der Waals surface area (Å²) < 4.78 is 14.6. The maximum absolute atomic E-state index is 6.03. The molecule has 2 fully saturated rings. The van der Waals surface area contributed by atoms with E-state index >= 15 is 0 Å². The fourth-order valence-electron chi connectivity index (χ4n) is 3.97. The zero-order valence-corrected chi connectivity index (χ0v) is 18.0. The standard InChI is InChI=1S/C8H9O.3C4H9.Sn/c1-2-8-6-4-3-5-7(8)9-8;3*1-3-4-2;/h7H,3-6H2;3*1,3-4H2,2H3;/t7-,8+;;;;/m1..../s1. The van der Waals surface area contributed by atoms with Gasteiger partial charge in [0.25, 0.3) is 0 Å². The van der Waals surface area contributed by atoms with Gasteiger partial charge in [-0.2, -0.15) is 0 Å². The summed E-state index contributed by atoms with van der Waals surface area (Å²) in [4.78, 5) is 0. The quantitative estimate of drug-likeness (QED) is 0.254. The van der Waals surface area contributed by atoms with E-state index in [4.69, 9.17) is 4.74 Å². The fraction of sp³-hybridized carbons (Fsp3) is 0.900. The van der Waals surface area contributed by atoms with Crippen LogP contribution in [-0.2, 0) is 4.74 Å². The minimum atomic E-state index is -2.26. The van der Waals surface area contributed by atoms with E-state index in [-0.39, 0.29) is 5.60 Å². The molecule has 0 unspecified atom stereocenters. The molecular weight excluding hydrogens is 375 g/mol. The molecule has 0 aromatic rings. The van der Waals surface area contributed by atoms with Crippen molar-refractivity contribution in [2.24, 2.45) is 0 Å². The first-order valence-corrected chi connectivity index (χ1v) is 17.4. The van der Waals surface area contributed by atoms with Gasteiger partial charge in [-0.25, -0.2) is 0 Å². The van der Waals surface area contributed by atoms with Crippen LogP contribution < -0.4 is 0 Å². The molecule has 1 aliphatic heterocycles. The Morgan fingerprint density at radius 3 is 2.05 bits per heavy atom. The van der Waals surface area contributed by atoms with Crippen LogP contribution in [0.4, 0.5) is 0 Å². The third-order valence-corrected chi connectivity index (χ3v) is 18.7. The first-order chi connectivity index (χ1) is 10.7. The van der Waals surface area contributed by atoms with E-state index in [1.807, 2.05) is 0 Å². The molecule has 0 spiro atoms. The Balaban J connectivity index is 2.10. The van der Waals surface area contributed by atoms with Crippen LogP contribution in [-0.4, -0.2) is 30.1 Å². The molecule has 0 amide bonds. The first-order valence-electron chi connectivity index (χ1n) is 9.92. The molecule has 22 heavy (non-hydrogen) atoms. The van der Waals surface area contributed by atoms with Crippen molar-refractivity contribution in [2.75, 3.05) is 0 Å². The van der Waals surface area contributed by atoms with E-state index in [9.17, 15) is 0 Å². The summed E-state index contributed by atoms with van der Waals surface area (Å²) in [6, 6.07) is 0. The molecule has 2 atom stereocenters. The van der Waals surface area contributed by atoms with Crippen LogP contribution in [0.2, 0.25) is 13.3 Å². The van der Waals surface area contributed by atoms with E-state index in [1.54, 1.807) is 0 Å². The van der Waals surface area contributed by atoms with Gasteiger partial charge in [0.05, 0.1) is 0 Å². The predicted molar refractivity (Wildman–Crippen MR) is 98.7 cm³/mol. The number of rotatable bonds is 9. The van der Waals surface area contributed by atoms with Crippen LogP contribution >= 0.6 is 0 Å². The Bertz CT molecular complexity index is 372. The third kappa shape index (κ3) is 4.91. The molecule has 1 nitrogen and oxygen atoms in total. The molecular formula is C20H36OSn. The van der Waals surface area contributed by atoms with Crippen molar-refractivity contribution in [3.63, 3.8) is 0 Å². The SMILES string of the molecule is CCC[CH2][Sn]([C]#C[C@]12CCCC[C@H]1O2)([CH2]CCC)[CH2]CCC. The summed E-state index contributed by atoms with van der Waals surface area (Å²) in [7, 11) is 0. The van der Waals surface area contributed by atoms with Gasteiger partial charge in [-0.3, -0.25) is 0 Å². The summed E-state index contributed by atoms with van der Waals surface area (Å²) in [5.41, 5.74) is 0.0328. The molecule has 126 valence electrons. The second-order valence-electron chi connectivity index (χ2n) is 7.58.